The minimum atomic E-state index is -0.00421. The van der Waals surface area contributed by atoms with Gasteiger partial charge in [-0.05, 0) is 56.7 Å². The van der Waals surface area contributed by atoms with Gasteiger partial charge in [-0.2, -0.15) is 0 Å². The molecule has 1 aliphatic carbocycles. The van der Waals surface area contributed by atoms with E-state index in [1.807, 2.05) is 19.1 Å². The summed E-state index contributed by atoms with van der Waals surface area (Å²) in [5.74, 6) is 0.587. The predicted molar refractivity (Wildman–Crippen MR) is 93.1 cm³/mol. The molecule has 1 aromatic rings. The van der Waals surface area contributed by atoms with E-state index in [4.69, 9.17) is 0 Å². The number of hydrogen-bond acceptors (Lipinski definition) is 2. The molecule has 0 heterocycles. The van der Waals surface area contributed by atoms with Gasteiger partial charge in [-0.3, -0.25) is 0 Å². The van der Waals surface area contributed by atoms with Gasteiger partial charge in [-0.15, -0.1) is 0 Å². The zero-order valence-electron chi connectivity index (χ0n) is 13.8. The average Bonchev–Trinajstić information content (AvgIpc) is 2.44. The molecule has 0 aromatic heterocycles. The monoisotopic (exact) mass is 298 g/mol. The largest absolute Gasteiger partial charge is 0.507 e. The smallest absolute Gasteiger partial charge is 0.123 e. The standard InChI is InChI=1S/C20H26O2/c1-5-6-7-15-11-18(21)20(19(22)12-15)17-10-14(4)8-9-16(17)13(2)3/h6-7,10-12,16-17,21-22H,2,5,8-9H2,1,3-4H3/b7-6+/t16-,17+/m0/s1. The Morgan fingerprint density at radius 2 is 1.95 bits per heavy atom. The Bertz CT molecular complexity index is 600. The number of allylic oxidation sites excluding steroid dienone is 4. The molecule has 0 spiro atoms. The van der Waals surface area contributed by atoms with E-state index in [0.717, 1.165) is 30.4 Å². The fourth-order valence-electron chi connectivity index (χ4n) is 3.24. The highest BCUT2D eigenvalue weighted by molar-refractivity contribution is 5.60. The van der Waals surface area contributed by atoms with Crippen LogP contribution in [0, 0.1) is 5.92 Å². The van der Waals surface area contributed by atoms with Crippen molar-refractivity contribution in [2.75, 3.05) is 0 Å². The van der Waals surface area contributed by atoms with Crippen LogP contribution in [0.4, 0.5) is 0 Å². The van der Waals surface area contributed by atoms with Crippen molar-refractivity contribution in [3.63, 3.8) is 0 Å². The van der Waals surface area contributed by atoms with Gasteiger partial charge < -0.3 is 10.2 Å². The van der Waals surface area contributed by atoms with Crippen LogP contribution in [0.5, 0.6) is 11.5 Å². The lowest BCUT2D eigenvalue weighted by atomic mass is 9.73. The van der Waals surface area contributed by atoms with E-state index in [1.54, 1.807) is 12.1 Å². The second kappa shape index (κ2) is 6.87. The molecule has 0 bridgehead atoms. The molecule has 2 nitrogen and oxygen atoms in total. The van der Waals surface area contributed by atoms with Crippen molar-refractivity contribution in [1.82, 2.24) is 0 Å². The fraction of sp³-hybridized carbons (Fsp3) is 0.400. The highest BCUT2D eigenvalue weighted by Crippen LogP contribution is 2.46. The molecular weight excluding hydrogens is 272 g/mol. The molecular formula is C20H26O2. The Morgan fingerprint density at radius 1 is 1.32 bits per heavy atom. The summed E-state index contributed by atoms with van der Waals surface area (Å²) >= 11 is 0. The van der Waals surface area contributed by atoms with E-state index in [2.05, 4.69) is 26.5 Å². The molecule has 0 saturated carbocycles. The summed E-state index contributed by atoms with van der Waals surface area (Å²) in [6.45, 7) is 10.3. The molecule has 2 N–H and O–H groups in total. The van der Waals surface area contributed by atoms with Crippen molar-refractivity contribution in [3.8, 4) is 11.5 Å². The van der Waals surface area contributed by atoms with Crippen LogP contribution in [0.1, 0.15) is 57.1 Å². The van der Waals surface area contributed by atoms with Crippen LogP contribution in [-0.4, -0.2) is 10.2 Å². The topological polar surface area (TPSA) is 40.5 Å². The molecule has 0 unspecified atom stereocenters. The van der Waals surface area contributed by atoms with Gasteiger partial charge in [0.05, 0.1) is 0 Å². The zero-order valence-corrected chi connectivity index (χ0v) is 13.8. The van der Waals surface area contributed by atoms with Gasteiger partial charge in [0.15, 0.2) is 0 Å². The molecule has 0 amide bonds. The summed E-state index contributed by atoms with van der Waals surface area (Å²) in [6, 6.07) is 3.46. The highest BCUT2D eigenvalue weighted by Gasteiger charge is 2.29. The highest BCUT2D eigenvalue weighted by atomic mass is 16.3. The van der Waals surface area contributed by atoms with Crippen molar-refractivity contribution in [2.45, 2.75) is 46.0 Å². The van der Waals surface area contributed by atoms with Crippen molar-refractivity contribution in [3.05, 3.63) is 53.1 Å². The molecule has 2 rings (SSSR count). The maximum Gasteiger partial charge on any atom is 0.123 e. The molecule has 118 valence electrons. The Balaban J connectivity index is 2.48. The molecule has 1 aliphatic rings. The molecule has 2 atom stereocenters. The average molecular weight is 298 g/mol. The fourth-order valence-corrected chi connectivity index (χ4v) is 3.24. The van der Waals surface area contributed by atoms with E-state index in [1.165, 1.54) is 5.57 Å². The number of phenolic OH excluding ortho intramolecular Hbond substituents is 2. The summed E-state index contributed by atoms with van der Waals surface area (Å²) in [6.07, 6.45) is 9.08. The van der Waals surface area contributed by atoms with E-state index < -0.39 is 0 Å². The van der Waals surface area contributed by atoms with Crippen molar-refractivity contribution < 1.29 is 10.2 Å². The second-order valence-electron chi connectivity index (χ2n) is 6.31. The van der Waals surface area contributed by atoms with Gasteiger partial charge in [-0.1, -0.05) is 42.9 Å². The minimum Gasteiger partial charge on any atom is -0.507 e. The maximum atomic E-state index is 10.5. The summed E-state index contributed by atoms with van der Waals surface area (Å²) in [5, 5.41) is 20.9. The van der Waals surface area contributed by atoms with Crippen LogP contribution in [0.15, 0.2) is 42.0 Å². The number of rotatable bonds is 4. The van der Waals surface area contributed by atoms with E-state index >= 15 is 0 Å². The van der Waals surface area contributed by atoms with Gasteiger partial charge in [0, 0.05) is 11.5 Å². The molecule has 2 heteroatoms. The lowest BCUT2D eigenvalue weighted by Crippen LogP contribution is -2.17. The summed E-state index contributed by atoms with van der Waals surface area (Å²) in [5.41, 5.74) is 3.85. The normalized spacial score (nSPS) is 21.9. The Kier molecular flexibility index (Phi) is 5.12. The van der Waals surface area contributed by atoms with Crippen LogP contribution in [0.3, 0.4) is 0 Å². The second-order valence-corrected chi connectivity index (χ2v) is 6.31. The summed E-state index contributed by atoms with van der Waals surface area (Å²) < 4.78 is 0. The Hall–Kier alpha value is -1.96. The lowest BCUT2D eigenvalue weighted by molar-refractivity contribution is 0.407. The molecule has 0 aliphatic heterocycles. The third-order valence-electron chi connectivity index (χ3n) is 4.42. The van der Waals surface area contributed by atoms with Crippen LogP contribution in [0.2, 0.25) is 0 Å². The summed E-state index contributed by atoms with van der Waals surface area (Å²) in [4.78, 5) is 0. The number of benzene rings is 1. The van der Waals surface area contributed by atoms with E-state index in [9.17, 15) is 10.2 Å². The number of hydrogen-bond donors (Lipinski definition) is 2. The molecule has 0 radical (unpaired) electrons. The minimum absolute atomic E-state index is 0.00421. The van der Waals surface area contributed by atoms with Crippen LogP contribution >= 0.6 is 0 Å². The van der Waals surface area contributed by atoms with Crippen molar-refractivity contribution in [2.24, 2.45) is 5.92 Å². The molecule has 0 fully saturated rings. The van der Waals surface area contributed by atoms with Crippen molar-refractivity contribution in [1.29, 1.82) is 0 Å². The first-order chi connectivity index (χ1) is 10.4. The lowest BCUT2D eigenvalue weighted by Gasteiger charge is -2.31. The predicted octanol–water partition coefficient (Wildman–Crippen LogP) is 5.54. The van der Waals surface area contributed by atoms with Gasteiger partial charge in [0.2, 0.25) is 0 Å². The Labute approximate surface area is 133 Å². The van der Waals surface area contributed by atoms with Crippen molar-refractivity contribution >= 4 is 6.08 Å². The zero-order chi connectivity index (χ0) is 16.3. The summed E-state index contributed by atoms with van der Waals surface area (Å²) in [7, 11) is 0. The number of aromatic hydroxyl groups is 2. The van der Waals surface area contributed by atoms with Gasteiger partial charge >= 0.3 is 0 Å². The molecule has 1 aromatic carbocycles. The Morgan fingerprint density at radius 3 is 2.50 bits per heavy atom. The van der Waals surface area contributed by atoms with Crippen LogP contribution < -0.4 is 0 Å². The number of phenols is 2. The molecule has 22 heavy (non-hydrogen) atoms. The van der Waals surface area contributed by atoms with E-state index in [-0.39, 0.29) is 23.3 Å². The SMILES string of the molecule is C=C(C)[C@@H]1CCC(C)=C[C@H]1c1c(O)cc(/C=C/CC)cc1O. The maximum absolute atomic E-state index is 10.5. The van der Waals surface area contributed by atoms with Crippen LogP contribution in [-0.2, 0) is 0 Å². The third kappa shape index (κ3) is 3.44. The van der Waals surface area contributed by atoms with Gasteiger partial charge in [0.1, 0.15) is 11.5 Å². The third-order valence-corrected chi connectivity index (χ3v) is 4.42. The van der Waals surface area contributed by atoms with E-state index in [0.29, 0.717) is 5.56 Å². The first-order valence-corrected chi connectivity index (χ1v) is 7.99. The first kappa shape index (κ1) is 16.4. The van der Waals surface area contributed by atoms with Gasteiger partial charge in [0.25, 0.3) is 0 Å². The van der Waals surface area contributed by atoms with Gasteiger partial charge in [-0.25, -0.2) is 0 Å². The quantitative estimate of drug-likeness (QED) is 0.717. The molecule has 0 saturated heterocycles. The first-order valence-electron chi connectivity index (χ1n) is 7.99. The van der Waals surface area contributed by atoms with Crippen LogP contribution in [0.25, 0.3) is 6.08 Å².